The number of nitrogens with one attached hydrogen (secondary N) is 1. The molecule has 1 aromatic heterocycles. The Morgan fingerprint density at radius 2 is 1.82 bits per heavy atom. The van der Waals surface area contributed by atoms with Gasteiger partial charge in [0.05, 0.1) is 12.7 Å². The van der Waals surface area contributed by atoms with Crippen molar-refractivity contribution in [1.29, 1.82) is 0 Å². The summed E-state index contributed by atoms with van der Waals surface area (Å²) in [5.41, 5.74) is 1.95. The third-order valence-electron chi connectivity index (χ3n) is 3.64. The first-order valence-electron chi connectivity index (χ1n) is 6.92. The lowest BCUT2D eigenvalue weighted by atomic mass is 9.94. The number of fused-ring (bicyclic) bond motifs is 1. The van der Waals surface area contributed by atoms with Crippen molar-refractivity contribution in [3.05, 3.63) is 64.4 Å². The van der Waals surface area contributed by atoms with Crippen LogP contribution in [0.3, 0.4) is 0 Å². The summed E-state index contributed by atoms with van der Waals surface area (Å²) in [6.07, 6.45) is 0. The Morgan fingerprint density at radius 1 is 1.09 bits per heavy atom. The maximum Gasteiger partial charge on any atom is 0.259 e. The average molecular weight is 293 g/mol. The molecule has 0 atom stereocenters. The number of Topliss-reactive ketones (excluding diaryl/α,β-unsaturated/α-hetero) is 1. The Hall–Kier alpha value is -2.88. The van der Waals surface area contributed by atoms with Crippen LogP contribution in [0, 0.1) is 0 Å². The highest BCUT2D eigenvalue weighted by atomic mass is 16.5. The third kappa shape index (κ3) is 2.29. The Balaban J connectivity index is 2.50. The van der Waals surface area contributed by atoms with Gasteiger partial charge in [-0.2, -0.15) is 0 Å². The van der Waals surface area contributed by atoms with Crippen molar-refractivity contribution in [3.63, 3.8) is 0 Å². The molecule has 0 unspecified atom stereocenters. The molecule has 4 heteroatoms. The number of rotatable bonds is 3. The van der Waals surface area contributed by atoms with E-state index in [0.717, 1.165) is 10.9 Å². The van der Waals surface area contributed by atoms with E-state index < -0.39 is 0 Å². The number of carbonyl (C=O) groups is 1. The predicted molar refractivity (Wildman–Crippen MR) is 86.6 cm³/mol. The number of ether oxygens (including phenoxy) is 1. The molecule has 1 heterocycles. The summed E-state index contributed by atoms with van der Waals surface area (Å²) in [5, 5.41) is 0.787. The van der Waals surface area contributed by atoms with Gasteiger partial charge < -0.3 is 9.72 Å². The second-order valence-corrected chi connectivity index (χ2v) is 5.04. The summed E-state index contributed by atoms with van der Waals surface area (Å²) in [6.45, 7) is 1.41. The highest BCUT2D eigenvalue weighted by molar-refractivity contribution is 6.08. The first-order valence-corrected chi connectivity index (χ1v) is 6.92. The summed E-state index contributed by atoms with van der Waals surface area (Å²) >= 11 is 0. The molecule has 0 fully saturated rings. The van der Waals surface area contributed by atoms with Crippen LogP contribution in [-0.2, 0) is 0 Å². The van der Waals surface area contributed by atoms with Crippen molar-refractivity contribution in [3.8, 4) is 16.9 Å². The molecule has 22 heavy (non-hydrogen) atoms. The number of pyridine rings is 1. The minimum absolute atomic E-state index is 0.173. The van der Waals surface area contributed by atoms with Crippen LogP contribution in [0.4, 0.5) is 0 Å². The van der Waals surface area contributed by atoms with E-state index in [0.29, 0.717) is 16.8 Å². The van der Waals surface area contributed by atoms with Crippen molar-refractivity contribution in [2.45, 2.75) is 6.92 Å². The van der Waals surface area contributed by atoms with Crippen molar-refractivity contribution in [2.75, 3.05) is 7.11 Å². The third-order valence-corrected chi connectivity index (χ3v) is 3.64. The van der Waals surface area contributed by atoms with Crippen LogP contribution >= 0.6 is 0 Å². The largest absolute Gasteiger partial charge is 0.497 e. The molecular formula is C18H15NO3. The molecule has 0 radical (unpaired) electrons. The van der Waals surface area contributed by atoms with Gasteiger partial charge in [-0.3, -0.25) is 9.59 Å². The molecule has 0 aliphatic rings. The first-order chi connectivity index (χ1) is 10.6. The van der Waals surface area contributed by atoms with Crippen molar-refractivity contribution in [2.24, 2.45) is 0 Å². The lowest BCUT2D eigenvalue weighted by Gasteiger charge is -2.12. The van der Waals surface area contributed by atoms with E-state index in [9.17, 15) is 9.59 Å². The molecule has 3 aromatic rings. The second kappa shape index (κ2) is 5.48. The Morgan fingerprint density at radius 3 is 2.45 bits per heavy atom. The van der Waals surface area contributed by atoms with E-state index in [1.165, 1.54) is 6.92 Å². The van der Waals surface area contributed by atoms with Crippen molar-refractivity contribution >= 4 is 16.7 Å². The van der Waals surface area contributed by atoms with E-state index in [-0.39, 0.29) is 16.9 Å². The van der Waals surface area contributed by atoms with E-state index in [2.05, 4.69) is 4.98 Å². The van der Waals surface area contributed by atoms with Crippen LogP contribution in [0.15, 0.2) is 53.3 Å². The molecule has 0 saturated carbocycles. The van der Waals surface area contributed by atoms with Crippen LogP contribution < -0.4 is 10.3 Å². The van der Waals surface area contributed by atoms with E-state index in [4.69, 9.17) is 4.74 Å². The van der Waals surface area contributed by atoms with Gasteiger partial charge in [0.25, 0.3) is 5.56 Å². The lowest BCUT2D eigenvalue weighted by Crippen LogP contribution is -2.18. The Bertz CT molecular complexity index is 911. The summed E-state index contributed by atoms with van der Waals surface area (Å²) < 4.78 is 5.27. The number of benzene rings is 2. The lowest BCUT2D eigenvalue weighted by molar-refractivity contribution is 0.101. The molecule has 0 bridgehead atoms. The zero-order valence-electron chi connectivity index (χ0n) is 12.3. The molecular weight excluding hydrogens is 278 g/mol. The van der Waals surface area contributed by atoms with E-state index in [1.807, 2.05) is 36.4 Å². The number of aromatic nitrogens is 1. The molecule has 0 spiro atoms. The number of methoxy groups -OCH3 is 1. The van der Waals surface area contributed by atoms with Crippen LogP contribution in [0.25, 0.3) is 22.0 Å². The fourth-order valence-electron chi connectivity index (χ4n) is 2.64. The molecule has 0 aliphatic carbocycles. The zero-order chi connectivity index (χ0) is 15.7. The normalized spacial score (nSPS) is 10.6. The number of ketones is 1. The molecule has 2 aromatic carbocycles. The Labute approximate surface area is 127 Å². The van der Waals surface area contributed by atoms with Crippen LogP contribution in [0.1, 0.15) is 17.3 Å². The number of hydrogen-bond acceptors (Lipinski definition) is 3. The zero-order valence-corrected chi connectivity index (χ0v) is 12.3. The average Bonchev–Trinajstić information content (AvgIpc) is 2.53. The summed E-state index contributed by atoms with van der Waals surface area (Å²) in [7, 11) is 1.58. The Kier molecular flexibility index (Phi) is 3.51. The van der Waals surface area contributed by atoms with E-state index in [1.54, 1.807) is 19.2 Å². The summed E-state index contributed by atoms with van der Waals surface area (Å²) in [5.74, 6) is 0.413. The van der Waals surface area contributed by atoms with Crippen LogP contribution in [0.2, 0.25) is 0 Å². The van der Waals surface area contributed by atoms with Gasteiger partial charge in [0, 0.05) is 16.5 Å². The highest BCUT2D eigenvalue weighted by Crippen LogP contribution is 2.31. The summed E-state index contributed by atoms with van der Waals surface area (Å²) in [4.78, 5) is 27.1. The maximum absolute atomic E-state index is 12.3. The number of carbonyl (C=O) groups excluding carboxylic acids is 1. The molecule has 0 saturated heterocycles. The second-order valence-electron chi connectivity index (χ2n) is 5.04. The van der Waals surface area contributed by atoms with Gasteiger partial charge in [0.15, 0.2) is 5.78 Å². The fraction of sp³-hybridized carbons (Fsp3) is 0.111. The van der Waals surface area contributed by atoms with Crippen LogP contribution in [-0.4, -0.2) is 17.9 Å². The topological polar surface area (TPSA) is 59.2 Å². The maximum atomic E-state index is 12.3. The standard InChI is InChI=1S/C18H15NO3/c1-11(20)16-17(12-6-4-3-5-7-12)14-10-13(22-2)8-9-15(14)19-18(16)21/h3-10H,1-2H3,(H,19,21). The van der Waals surface area contributed by atoms with Gasteiger partial charge in [-0.25, -0.2) is 0 Å². The summed E-state index contributed by atoms with van der Waals surface area (Å²) in [6, 6.07) is 14.8. The smallest absolute Gasteiger partial charge is 0.259 e. The van der Waals surface area contributed by atoms with Gasteiger partial charge in [-0.05, 0) is 30.7 Å². The molecule has 110 valence electrons. The number of H-pyrrole nitrogens is 1. The van der Waals surface area contributed by atoms with Gasteiger partial charge in [-0.1, -0.05) is 30.3 Å². The first kappa shape index (κ1) is 14.1. The van der Waals surface area contributed by atoms with Gasteiger partial charge in [-0.15, -0.1) is 0 Å². The predicted octanol–water partition coefficient (Wildman–Crippen LogP) is 3.41. The highest BCUT2D eigenvalue weighted by Gasteiger charge is 2.18. The SMILES string of the molecule is COc1ccc2[nH]c(=O)c(C(C)=O)c(-c3ccccc3)c2c1. The monoisotopic (exact) mass is 293 g/mol. The molecule has 0 amide bonds. The van der Waals surface area contributed by atoms with Gasteiger partial charge in [0.2, 0.25) is 0 Å². The van der Waals surface area contributed by atoms with Gasteiger partial charge in [0.1, 0.15) is 5.75 Å². The number of aromatic amines is 1. The minimum Gasteiger partial charge on any atom is -0.497 e. The minimum atomic E-state index is -0.371. The quantitative estimate of drug-likeness (QED) is 0.753. The fourth-order valence-corrected chi connectivity index (χ4v) is 2.64. The molecule has 0 aliphatic heterocycles. The van der Waals surface area contributed by atoms with E-state index >= 15 is 0 Å². The number of hydrogen-bond donors (Lipinski definition) is 1. The van der Waals surface area contributed by atoms with Crippen molar-refractivity contribution < 1.29 is 9.53 Å². The van der Waals surface area contributed by atoms with Crippen molar-refractivity contribution in [1.82, 2.24) is 4.98 Å². The molecule has 1 N–H and O–H groups in total. The molecule has 3 rings (SSSR count). The van der Waals surface area contributed by atoms with Gasteiger partial charge >= 0.3 is 0 Å². The van der Waals surface area contributed by atoms with Crippen LogP contribution in [0.5, 0.6) is 5.75 Å². The molecule has 4 nitrogen and oxygen atoms in total.